The van der Waals surface area contributed by atoms with Gasteiger partial charge in [0, 0.05) is 42.8 Å². The second-order valence-electron chi connectivity index (χ2n) is 3.11. The van der Waals surface area contributed by atoms with E-state index in [4.69, 9.17) is 0 Å². The van der Waals surface area contributed by atoms with Gasteiger partial charge in [0.1, 0.15) is 0 Å². The highest BCUT2D eigenvalue weighted by molar-refractivity contribution is 9.10. The smallest absolute Gasteiger partial charge is 0.250 e. The molecule has 0 aromatic carbocycles. The zero-order chi connectivity index (χ0) is 10.8. The highest BCUT2D eigenvalue weighted by atomic mass is 79.9. The highest BCUT2D eigenvalue weighted by Gasteiger charge is 2.00. The van der Waals surface area contributed by atoms with Crippen molar-refractivity contribution < 1.29 is 0 Å². The summed E-state index contributed by atoms with van der Waals surface area (Å²) in [6.45, 7) is 0. The van der Waals surface area contributed by atoms with Crippen LogP contribution in [-0.2, 0) is 7.05 Å². The van der Waals surface area contributed by atoms with E-state index in [0.717, 1.165) is 11.1 Å². The Hall–Kier alpha value is -1.49. The lowest BCUT2D eigenvalue weighted by Gasteiger charge is -2.02. The molecular formula is C10H8BrN3O. The minimum atomic E-state index is -0.0308. The van der Waals surface area contributed by atoms with E-state index in [-0.39, 0.29) is 5.56 Å². The zero-order valence-corrected chi connectivity index (χ0v) is 9.60. The van der Waals surface area contributed by atoms with Crippen molar-refractivity contribution in [2.75, 3.05) is 0 Å². The molecule has 2 heterocycles. The van der Waals surface area contributed by atoms with Crippen molar-refractivity contribution in [3.63, 3.8) is 0 Å². The predicted octanol–water partition coefficient (Wildman–Crippen LogP) is 1.60. The predicted molar refractivity (Wildman–Crippen MR) is 60.4 cm³/mol. The summed E-state index contributed by atoms with van der Waals surface area (Å²) < 4.78 is 2.08. The van der Waals surface area contributed by atoms with E-state index in [1.54, 1.807) is 31.7 Å². The third-order valence-corrected chi connectivity index (χ3v) is 2.45. The fourth-order valence-corrected chi connectivity index (χ4v) is 1.43. The van der Waals surface area contributed by atoms with E-state index in [2.05, 4.69) is 25.9 Å². The first-order chi connectivity index (χ1) is 7.16. The third-order valence-electron chi connectivity index (χ3n) is 2.04. The van der Waals surface area contributed by atoms with Crippen molar-refractivity contribution in [1.82, 2.24) is 14.5 Å². The van der Waals surface area contributed by atoms with Crippen LogP contribution in [0.2, 0.25) is 0 Å². The fraction of sp³-hybridized carbons (Fsp3) is 0.100. The molecular weight excluding hydrogens is 258 g/mol. The van der Waals surface area contributed by atoms with Crippen LogP contribution in [0.4, 0.5) is 0 Å². The number of pyridine rings is 1. The van der Waals surface area contributed by atoms with Crippen LogP contribution in [0, 0.1) is 0 Å². The maximum atomic E-state index is 11.2. The molecule has 5 heteroatoms. The molecule has 0 N–H and O–H groups in total. The molecule has 2 rings (SSSR count). The lowest BCUT2D eigenvalue weighted by molar-refractivity contribution is 0.862. The molecule has 0 aliphatic rings. The first-order valence-corrected chi connectivity index (χ1v) is 5.11. The molecule has 0 saturated carbocycles. The summed E-state index contributed by atoms with van der Waals surface area (Å²) in [5, 5.41) is 0. The van der Waals surface area contributed by atoms with Crippen LogP contribution in [0.1, 0.15) is 0 Å². The Morgan fingerprint density at radius 3 is 2.47 bits per heavy atom. The lowest BCUT2D eigenvalue weighted by Crippen LogP contribution is -2.13. The minimum absolute atomic E-state index is 0.0308. The number of nitrogens with zero attached hydrogens (tertiary/aromatic N) is 3. The molecule has 0 spiro atoms. The number of aryl methyl sites for hydroxylation is 1. The number of aromatic nitrogens is 3. The van der Waals surface area contributed by atoms with Gasteiger partial charge in [-0.2, -0.15) is 0 Å². The monoisotopic (exact) mass is 265 g/mol. The maximum Gasteiger partial charge on any atom is 0.250 e. The van der Waals surface area contributed by atoms with Crippen LogP contribution >= 0.6 is 15.9 Å². The van der Waals surface area contributed by atoms with E-state index < -0.39 is 0 Å². The average Bonchev–Trinajstić information content (AvgIpc) is 2.23. The molecule has 76 valence electrons. The SMILES string of the molecule is Cn1cc(-c2cnc(Br)nc2)ccc1=O. The molecule has 2 aromatic heterocycles. The van der Waals surface area contributed by atoms with Gasteiger partial charge in [-0.05, 0) is 22.0 Å². The van der Waals surface area contributed by atoms with Gasteiger partial charge in [0.15, 0.2) is 4.73 Å². The molecule has 0 radical (unpaired) electrons. The van der Waals surface area contributed by atoms with Crippen molar-refractivity contribution in [3.05, 3.63) is 45.8 Å². The van der Waals surface area contributed by atoms with Gasteiger partial charge in [-0.15, -0.1) is 0 Å². The Morgan fingerprint density at radius 1 is 1.20 bits per heavy atom. The Bertz CT molecular complexity index is 533. The molecule has 0 bridgehead atoms. The largest absolute Gasteiger partial charge is 0.318 e. The van der Waals surface area contributed by atoms with E-state index in [1.165, 1.54) is 10.6 Å². The topological polar surface area (TPSA) is 47.8 Å². The highest BCUT2D eigenvalue weighted by Crippen LogP contribution is 2.16. The van der Waals surface area contributed by atoms with Crippen molar-refractivity contribution in [2.45, 2.75) is 0 Å². The Balaban J connectivity index is 2.50. The van der Waals surface area contributed by atoms with E-state index in [0.29, 0.717) is 4.73 Å². The summed E-state index contributed by atoms with van der Waals surface area (Å²) in [5.74, 6) is 0. The molecule has 15 heavy (non-hydrogen) atoms. The number of hydrogen-bond donors (Lipinski definition) is 0. The maximum absolute atomic E-state index is 11.2. The number of halogens is 1. The fourth-order valence-electron chi connectivity index (χ4n) is 1.23. The van der Waals surface area contributed by atoms with Crippen molar-refractivity contribution in [3.8, 4) is 11.1 Å². The van der Waals surface area contributed by atoms with Crippen molar-refractivity contribution in [1.29, 1.82) is 0 Å². The molecule has 0 unspecified atom stereocenters. The van der Waals surface area contributed by atoms with E-state index in [1.807, 2.05) is 0 Å². The minimum Gasteiger partial charge on any atom is -0.318 e. The summed E-state index contributed by atoms with van der Waals surface area (Å²) >= 11 is 3.17. The van der Waals surface area contributed by atoms with Gasteiger partial charge in [-0.1, -0.05) is 0 Å². The molecule has 4 nitrogen and oxygen atoms in total. The Morgan fingerprint density at radius 2 is 1.87 bits per heavy atom. The molecule has 0 saturated heterocycles. The van der Waals surface area contributed by atoms with Gasteiger partial charge in [-0.3, -0.25) is 4.79 Å². The molecule has 0 fully saturated rings. The standard InChI is InChI=1S/C10H8BrN3O/c1-14-6-7(2-3-9(14)15)8-4-12-10(11)13-5-8/h2-6H,1H3. The van der Waals surface area contributed by atoms with Crippen LogP contribution in [0.15, 0.2) is 40.3 Å². The first-order valence-electron chi connectivity index (χ1n) is 4.31. The van der Waals surface area contributed by atoms with Gasteiger partial charge in [0.2, 0.25) is 5.56 Å². The third kappa shape index (κ3) is 2.12. The average molecular weight is 266 g/mol. The van der Waals surface area contributed by atoms with Gasteiger partial charge in [0.25, 0.3) is 0 Å². The zero-order valence-electron chi connectivity index (χ0n) is 8.01. The first kappa shape index (κ1) is 10.0. The second-order valence-corrected chi connectivity index (χ2v) is 3.82. The molecule has 0 atom stereocenters. The van der Waals surface area contributed by atoms with Crippen LogP contribution in [0.5, 0.6) is 0 Å². The van der Waals surface area contributed by atoms with E-state index in [9.17, 15) is 4.79 Å². The summed E-state index contributed by atoms with van der Waals surface area (Å²) in [4.78, 5) is 19.2. The van der Waals surface area contributed by atoms with Crippen molar-refractivity contribution in [2.24, 2.45) is 7.05 Å². The summed E-state index contributed by atoms with van der Waals surface area (Å²) in [7, 11) is 1.71. The van der Waals surface area contributed by atoms with Gasteiger partial charge in [0.05, 0.1) is 0 Å². The summed E-state index contributed by atoms with van der Waals surface area (Å²) in [5.41, 5.74) is 1.77. The Kier molecular flexibility index (Phi) is 2.64. The van der Waals surface area contributed by atoms with Gasteiger partial charge < -0.3 is 4.57 Å². The van der Waals surface area contributed by atoms with Crippen LogP contribution < -0.4 is 5.56 Å². The van der Waals surface area contributed by atoms with Crippen molar-refractivity contribution >= 4 is 15.9 Å². The normalized spacial score (nSPS) is 10.3. The number of rotatable bonds is 1. The van der Waals surface area contributed by atoms with Crippen LogP contribution in [-0.4, -0.2) is 14.5 Å². The number of hydrogen-bond acceptors (Lipinski definition) is 3. The summed E-state index contributed by atoms with van der Waals surface area (Å²) in [6.07, 6.45) is 5.17. The summed E-state index contributed by atoms with van der Waals surface area (Å²) in [6, 6.07) is 3.28. The van der Waals surface area contributed by atoms with E-state index >= 15 is 0 Å². The van der Waals surface area contributed by atoms with Crippen LogP contribution in [0.3, 0.4) is 0 Å². The van der Waals surface area contributed by atoms with Crippen LogP contribution in [0.25, 0.3) is 11.1 Å². The quantitative estimate of drug-likeness (QED) is 0.736. The lowest BCUT2D eigenvalue weighted by atomic mass is 10.1. The molecule has 2 aromatic rings. The molecule has 0 aliphatic carbocycles. The van der Waals surface area contributed by atoms with Gasteiger partial charge in [-0.25, -0.2) is 9.97 Å². The Labute approximate surface area is 94.8 Å². The second kappa shape index (κ2) is 3.94. The molecule has 0 amide bonds. The van der Waals surface area contributed by atoms with Gasteiger partial charge >= 0.3 is 0 Å². The molecule has 0 aliphatic heterocycles.